The molecule has 15 nitrogen and oxygen atoms in total. The maximum absolute atomic E-state index is 15.6. The van der Waals surface area contributed by atoms with Crippen molar-refractivity contribution in [2.75, 3.05) is 79.4 Å². The molecular formula is C47H54FN9O6. The molecule has 0 radical (unpaired) electrons. The van der Waals surface area contributed by atoms with Crippen LogP contribution in [0.3, 0.4) is 0 Å². The number of carbonyl (C=O) groups excluding carboxylic acids is 3. The molecule has 3 aromatic carbocycles. The fourth-order valence-corrected chi connectivity index (χ4v) is 10.7. The number of fused-ring (bicyclic) bond motifs is 3. The number of piperazine rings is 1. The van der Waals surface area contributed by atoms with E-state index in [4.69, 9.17) is 15.2 Å². The number of hydrogen-bond acceptors (Lipinski definition) is 13. The van der Waals surface area contributed by atoms with Crippen molar-refractivity contribution in [3.05, 3.63) is 78.1 Å². The van der Waals surface area contributed by atoms with Crippen LogP contribution in [0.4, 0.5) is 27.3 Å². The number of nitrogens with zero attached hydrogens (tertiary/aromatic N) is 7. The Morgan fingerprint density at radius 3 is 2.40 bits per heavy atom. The molecule has 5 saturated heterocycles. The van der Waals surface area contributed by atoms with E-state index in [0.29, 0.717) is 100 Å². The van der Waals surface area contributed by atoms with Gasteiger partial charge in [0.15, 0.2) is 5.82 Å². The molecule has 0 aliphatic carbocycles. The van der Waals surface area contributed by atoms with Gasteiger partial charge in [-0.2, -0.15) is 0 Å². The number of phenols is 1. The Morgan fingerprint density at radius 1 is 0.857 bits per heavy atom. The third-order valence-corrected chi connectivity index (χ3v) is 14.0. The monoisotopic (exact) mass is 859 g/mol. The van der Waals surface area contributed by atoms with Crippen molar-refractivity contribution in [3.8, 4) is 28.5 Å². The largest absolute Gasteiger partial charge is 0.507 e. The number of ether oxygens (including phenoxy) is 2. The molecule has 3 amide bonds. The van der Waals surface area contributed by atoms with Crippen molar-refractivity contribution in [1.29, 1.82) is 0 Å². The molecule has 1 aromatic heterocycles. The summed E-state index contributed by atoms with van der Waals surface area (Å²) in [5.41, 5.74) is 10.8. The van der Waals surface area contributed by atoms with Gasteiger partial charge in [0.2, 0.25) is 17.7 Å². The van der Waals surface area contributed by atoms with Gasteiger partial charge in [0.1, 0.15) is 41.8 Å². The van der Waals surface area contributed by atoms with Gasteiger partial charge in [0, 0.05) is 69.2 Å². The van der Waals surface area contributed by atoms with Crippen molar-refractivity contribution in [2.24, 2.45) is 0 Å². The topological polar surface area (TPSA) is 170 Å². The highest BCUT2D eigenvalue weighted by Gasteiger charge is 2.42. The number of carbonyl (C=O) groups is 3. The molecule has 6 aliphatic rings. The van der Waals surface area contributed by atoms with Gasteiger partial charge in [-0.15, -0.1) is 10.2 Å². The minimum absolute atomic E-state index is 0.0603. The van der Waals surface area contributed by atoms with Crippen LogP contribution in [-0.2, 0) is 14.4 Å². The molecule has 4 aromatic rings. The predicted octanol–water partition coefficient (Wildman–Crippen LogP) is 4.68. The van der Waals surface area contributed by atoms with Gasteiger partial charge in [-0.05, 0) is 93.1 Å². The molecule has 4 N–H and O–H groups in total. The van der Waals surface area contributed by atoms with Crippen molar-refractivity contribution in [3.63, 3.8) is 0 Å². The molecule has 3 atom stereocenters. The average Bonchev–Trinajstić information content (AvgIpc) is 3.55. The van der Waals surface area contributed by atoms with Gasteiger partial charge in [0.05, 0.1) is 35.8 Å². The molecule has 2 bridgehead atoms. The summed E-state index contributed by atoms with van der Waals surface area (Å²) >= 11 is 0. The number of phenolic OH excluding ortho intramolecular Hbond substituents is 1. The number of likely N-dealkylation sites (tertiary alicyclic amines) is 2. The van der Waals surface area contributed by atoms with Crippen molar-refractivity contribution < 1.29 is 33.4 Å². The molecule has 63 heavy (non-hydrogen) atoms. The molecule has 7 heterocycles. The van der Waals surface area contributed by atoms with E-state index in [2.05, 4.69) is 41.2 Å². The summed E-state index contributed by atoms with van der Waals surface area (Å²) in [6, 6.07) is 19.8. The maximum atomic E-state index is 15.6. The minimum atomic E-state index is -0.387. The molecule has 0 unspecified atom stereocenters. The smallest absolute Gasteiger partial charge is 0.249 e. The summed E-state index contributed by atoms with van der Waals surface area (Å²) < 4.78 is 28.3. The normalized spacial score (nSPS) is 23.3. The van der Waals surface area contributed by atoms with Gasteiger partial charge in [-0.3, -0.25) is 24.6 Å². The number of aromatic hydroxyl groups is 1. The number of aromatic nitrogens is 2. The Hall–Kier alpha value is -6.16. The number of piperidine rings is 3. The van der Waals surface area contributed by atoms with Crippen LogP contribution in [-0.4, -0.2) is 126 Å². The molecule has 10 rings (SSSR count). The lowest BCUT2D eigenvalue weighted by atomic mass is 9.87. The summed E-state index contributed by atoms with van der Waals surface area (Å²) in [5.74, 6) is 1.57. The summed E-state index contributed by atoms with van der Waals surface area (Å²) in [5, 5.41) is 21.4. The highest BCUT2D eigenvalue weighted by atomic mass is 19.1. The minimum Gasteiger partial charge on any atom is -0.507 e. The standard InChI is InChI=1S/C47H54FN9O6/c48-36-11-10-33(24-40(36)57-30-8-9-31(57)27-55(26-30)41-25-37(51-52-46(41)49)35-4-1-2-7-42(35)58)63-32-16-20-54(21-17-32)44(60)28-53-18-14-29(15-19-53)34-5-3-6-38-45(34)62-23-22-56(38)39-12-13-43(59)50-47(39)61/h1-7,10-11,24-25,29-32,39,58H,8-9,12-23,26-28H2,(H2,49,52)(H,50,59,61)/t30-,31+,39-/m0/s1. The maximum Gasteiger partial charge on any atom is 0.249 e. The van der Waals surface area contributed by atoms with Gasteiger partial charge >= 0.3 is 0 Å². The lowest BCUT2D eigenvalue weighted by Gasteiger charge is -2.43. The number of nitrogen functional groups attached to an aromatic ring is 1. The second-order valence-corrected chi connectivity index (χ2v) is 17.8. The van der Waals surface area contributed by atoms with E-state index in [1.165, 1.54) is 6.07 Å². The summed E-state index contributed by atoms with van der Waals surface area (Å²) in [6.45, 7) is 5.54. The van der Waals surface area contributed by atoms with Crippen LogP contribution < -0.4 is 35.2 Å². The first-order valence-electron chi connectivity index (χ1n) is 22.4. The quantitative estimate of drug-likeness (QED) is 0.199. The molecule has 0 saturated carbocycles. The fraction of sp³-hybridized carbons (Fsp3) is 0.468. The fourth-order valence-electron chi connectivity index (χ4n) is 10.7. The number of rotatable bonds is 9. The SMILES string of the molecule is Nc1nnc(-c2ccccc2O)cc1N1C[C@H]2CC[C@@H](C1)N2c1cc(OC2CCN(C(=O)CN3CCC(c4cccc5c4OCCN5[C@H]4CCC(=O)NC4=O)CC3)CC2)ccc1F. The lowest BCUT2D eigenvalue weighted by Crippen LogP contribution is -2.54. The first kappa shape index (κ1) is 40.9. The number of halogens is 1. The number of amides is 3. The Labute approximate surface area is 365 Å². The summed E-state index contributed by atoms with van der Waals surface area (Å²) in [7, 11) is 0. The molecule has 0 spiro atoms. The number of nitrogens with one attached hydrogen (secondary N) is 1. The van der Waals surface area contributed by atoms with E-state index >= 15 is 4.39 Å². The third kappa shape index (κ3) is 8.16. The average molecular weight is 860 g/mol. The van der Waals surface area contributed by atoms with E-state index in [1.807, 2.05) is 35.2 Å². The molecule has 330 valence electrons. The number of nitrogens with two attached hydrogens (primary N) is 1. The highest BCUT2D eigenvalue weighted by Crippen LogP contribution is 2.44. The summed E-state index contributed by atoms with van der Waals surface area (Å²) in [6.07, 6.45) is 5.77. The summed E-state index contributed by atoms with van der Waals surface area (Å²) in [4.78, 5) is 48.8. The first-order valence-corrected chi connectivity index (χ1v) is 22.4. The zero-order valence-electron chi connectivity index (χ0n) is 35.3. The van der Waals surface area contributed by atoms with Crippen LogP contribution in [0.5, 0.6) is 17.2 Å². The number of imide groups is 1. The van der Waals surface area contributed by atoms with Crippen LogP contribution in [0.2, 0.25) is 0 Å². The zero-order chi connectivity index (χ0) is 43.2. The van der Waals surface area contributed by atoms with Crippen LogP contribution in [0.15, 0.2) is 66.7 Å². The van der Waals surface area contributed by atoms with Crippen LogP contribution in [0, 0.1) is 5.82 Å². The van der Waals surface area contributed by atoms with Gasteiger partial charge < -0.3 is 39.9 Å². The van der Waals surface area contributed by atoms with Crippen molar-refractivity contribution in [2.45, 2.75) is 81.5 Å². The van der Waals surface area contributed by atoms with E-state index in [-0.39, 0.29) is 59.4 Å². The van der Waals surface area contributed by atoms with Gasteiger partial charge in [-0.25, -0.2) is 4.39 Å². The number of benzene rings is 3. The van der Waals surface area contributed by atoms with E-state index < -0.39 is 0 Å². The van der Waals surface area contributed by atoms with E-state index in [0.717, 1.165) is 61.5 Å². The first-order chi connectivity index (χ1) is 30.7. The van der Waals surface area contributed by atoms with Crippen LogP contribution in [0.25, 0.3) is 11.3 Å². The number of anilines is 4. The number of para-hydroxylation sites is 2. The predicted molar refractivity (Wildman–Crippen MR) is 236 cm³/mol. The Balaban J connectivity index is 0.713. The van der Waals surface area contributed by atoms with Crippen LogP contribution >= 0.6 is 0 Å². The highest BCUT2D eigenvalue weighted by molar-refractivity contribution is 6.02. The molecule has 16 heteroatoms. The molecular weight excluding hydrogens is 806 g/mol. The van der Waals surface area contributed by atoms with Crippen molar-refractivity contribution >= 4 is 40.6 Å². The molecule has 5 fully saturated rings. The Kier molecular flexibility index (Phi) is 11.2. The second-order valence-electron chi connectivity index (χ2n) is 17.8. The van der Waals surface area contributed by atoms with Crippen molar-refractivity contribution in [1.82, 2.24) is 25.3 Å². The van der Waals surface area contributed by atoms with E-state index in [1.54, 1.807) is 24.3 Å². The third-order valence-electron chi connectivity index (χ3n) is 14.0. The zero-order valence-corrected chi connectivity index (χ0v) is 35.3. The molecule has 6 aliphatic heterocycles. The number of hydrogen-bond donors (Lipinski definition) is 3. The Bertz CT molecular complexity index is 2370. The van der Waals surface area contributed by atoms with E-state index in [9.17, 15) is 19.5 Å². The van der Waals surface area contributed by atoms with Crippen LogP contribution in [0.1, 0.15) is 62.8 Å². The second kappa shape index (κ2) is 17.2. The lowest BCUT2D eigenvalue weighted by molar-refractivity contribution is -0.135. The van der Waals surface area contributed by atoms with Gasteiger partial charge in [0.25, 0.3) is 0 Å². The van der Waals surface area contributed by atoms with Gasteiger partial charge in [-0.1, -0.05) is 24.3 Å². The Morgan fingerprint density at radius 2 is 1.63 bits per heavy atom.